The van der Waals surface area contributed by atoms with Crippen molar-refractivity contribution in [1.82, 2.24) is 8.87 Å². The number of aryl methyl sites for hydroxylation is 1. The molecule has 6 nitrogen and oxygen atoms in total. The monoisotopic (exact) mass is 558 g/mol. The third-order valence-electron chi connectivity index (χ3n) is 10.9. The minimum absolute atomic E-state index is 0.00131. The molecule has 0 unspecified atom stereocenters. The summed E-state index contributed by atoms with van der Waals surface area (Å²) in [5, 5.41) is 0.920. The van der Waals surface area contributed by atoms with E-state index < -0.39 is 27.3 Å². The Kier molecular flexibility index (Phi) is 5.40. The molecule has 7 heteroatoms. The summed E-state index contributed by atoms with van der Waals surface area (Å²) in [4.78, 5) is 30.0. The van der Waals surface area contributed by atoms with Crippen molar-refractivity contribution in [1.29, 1.82) is 0 Å². The van der Waals surface area contributed by atoms with Crippen LogP contribution in [-0.2, 0) is 25.0 Å². The molecular weight excluding hydrogens is 520 g/mol. The zero-order valence-electron chi connectivity index (χ0n) is 24.0. The van der Waals surface area contributed by atoms with Gasteiger partial charge < -0.3 is 0 Å². The Balaban J connectivity index is 1.62. The molecule has 2 heterocycles. The van der Waals surface area contributed by atoms with E-state index in [0.717, 1.165) is 47.9 Å². The third-order valence-corrected chi connectivity index (χ3v) is 12.6. The van der Waals surface area contributed by atoms with Crippen molar-refractivity contribution < 1.29 is 18.0 Å². The van der Waals surface area contributed by atoms with Gasteiger partial charge >= 0.3 is 0 Å². The van der Waals surface area contributed by atoms with Crippen LogP contribution in [0.3, 0.4) is 0 Å². The van der Waals surface area contributed by atoms with E-state index in [9.17, 15) is 18.0 Å². The Morgan fingerprint density at radius 3 is 2.30 bits per heavy atom. The number of rotatable bonds is 6. The molecule has 1 saturated heterocycles. The minimum Gasteiger partial charge on any atom is -0.282 e. The predicted octanol–water partition coefficient (Wildman–Crippen LogP) is 6.01. The number of unbranched alkanes of at least 4 members (excludes halogenated alkanes) is 1. The topological polar surface area (TPSA) is 76.5 Å². The number of carbonyl (C=O) groups excluding carboxylic acids is 2. The SMILES string of the molecule is CCCC[C@]12c3c(n(S(=O)(=O)c4ccc(C)cc4)c4ccccc34)[C@@H]([C@H]3CC(C)(C)[C@H]31)[C@@H]1C(=O)N(CC)C(=O)[C@@H]12. The van der Waals surface area contributed by atoms with Gasteiger partial charge in [0.15, 0.2) is 0 Å². The number of amides is 2. The predicted molar refractivity (Wildman–Crippen MR) is 154 cm³/mol. The first kappa shape index (κ1) is 26.0. The Labute approximate surface area is 236 Å². The molecule has 2 aromatic carbocycles. The van der Waals surface area contributed by atoms with Gasteiger partial charge in [-0.2, -0.15) is 0 Å². The van der Waals surface area contributed by atoms with E-state index in [2.05, 4.69) is 20.8 Å². The van der Waals surface area contributed by atoms with Gasteiger partial charge in [-0.05, 0) is 67.7 Å². The van der Waals surface area contributed by atoms with Gasteiger partial charge in [-0.1, -0.05) is 69.5 Å². The number of likely N-dealkylation sites (tertiary alicyclic amines) is 1. The lowest BCUT2D eigenvalue weighted by Gasteiger charge is -2.71. The summed E-state index contributed by atoms with van der Waals surface area (Å²) >= 11 is 0. The number of hydrogen-bond donors (Lipinski definition) is 0. The van der Waals surface area contributed by atoms with Gasteiger partial charge in [-0.3, -0.25) is 14.5 Å². The van der Waals surface area contributed by atoms with Crippen molar-refractivity contribution in [3.8, 4) is 0 Å². The van der Waals surface area contributed by atoms with Crippen LogP contribution in [0.5, 0.6) is 0 Å². The highest BCUT2D eigenvalue weighted by Crippen LogP contribution is 2.78. The van der Waals surface area contributed by atoms with Crippen molar-refractivity contribution in [3.63, 3.8) is 0 Å². The van der Waals surface area contributed by atoms with Gasteiger partial charge in [0.25, 0.3) is 10.0 Å². The number of hydrogen-bond acceptors (Lipinski definition) is 4. The quantitative estimate of drug-likeness (QED) is 0.347. The molecule has 40 heavy (non-hydrogen) atoms. The fourth-order valence-corrected chi connectivity index (χ4v) is 11.4. The number of nitrogens with zero attached hydrogens (tertiary/aromatic N) is 2. The maximum absolute atomic E-state index is 14.6. The van der Waals surface area contributed by atoms with Crippen LogP contribution in [-0.4, -0.2) is 35.6 Å². The molecule has 6 atom stereocenters. The van der Waals surface area contributed by atoms with Gasteiger partial charge in [-0.15, -0.1) is 0 Å². The highest BCUT2D eigenvalue weighted by molar-refractivity contribution is 7.90. The summed E-state index contributed by atoms with van der Waals surface area (Å²) in [6, 6.07) is 14.8. The maximum Gasteiger partial charge on any atom is 0.268 e. The van der Waals surface area contributed by atoms with Crippen LogP contribution in [0, 0.1) is 36.0 Å². The average Bonchev–Trinajstić information content (AvgIpc) is 3.40. The van der Waals surface area contributed by atoms with Crippen molar-refractivity contribution in [3.05, 3.63) is 65.4 Å². The van der Waals surface area contributed by atoms with Crippen LogP contribution in [0.25, 0.3) is 10.9 Å². The Morgan fingerprint density at radius 2 is 1.65 bits per heavy atom. The fraction of sp³-hybridized carbons (Fsp3) is 0.515. The molecule has 2 saturated carbocycles. The molecule has 2 bridgehead atoms. The third kappa shape index (κ3) is 2.92. The van der Waals surface area contributed by atoms with E-state index in [0.29, 0.717) is 12.1 Å². The van der Waals surface area contributed by atoms with Gasteiger partial charge in [0.05, 0.1) is 22.2 Å². The molecule has 1 aliphatic heterocycles. The average molecular weight is 559 g/mol. The minimum atomic E-state index is -3.97. The number of aromatic nitrogens is 1. The lowest BCUT2D eigenvalue weighted by Crippen LogP contribution is -2.69. The van der Waals surface area contributed by atoms with Gasteiger partial charge in [0.2, 0.25) is 11.8 Å². The summed E-state index contributed by atoms with van der Waals surface area (Å²) in [7, 11) is -3.97. The van der Waals surface area contributed by atoms with Crippen LogP contribution >= 0.6 is 0 Å². The smallest absolute Gasteiger partial charge is 0.268 e. The number of imide groups is 1. The van der Waals surface area contributed by atoms with E-state index in [1.807, 2.05) is 50.2 Å². The van der Waals surface area contributed by atoms with Crippen molar-refractivity contribution in [2.45, 2.75) is 76.5 Å². The zero-order valence-corrected chi connectivity index (χ0v) is 24.8. The first-order valence-electron chi connectivity index (χ1n) is 14.8. The molecule has 3 fully saturated rings. The number of para-hydroxylation sites is 1. The molecule has 5 aliphatic rings. The highest BCUT2D eigenvalue weighted by atomic mass is 32.2. The fourth-order valence-electron chi connectivity index (χ4n) is 9.80. The number of carbonyl (C=O) groups is 2. The Morgan fingerprint density at radius 1 is 0.950 bits per heavy atom. The van der Waals surface area contributed by atoms with Crippen molar-refractivity contribution in [2.24, 2.45) is 29.1 Å². The van der Waals surface area contributed by atoms with E-state index in [4.69, 9.17) is 0 Å². The second-order valence-corrected chi connectivity index (χ2v) is 15.1. The Hall–Kier alpha value is -2.93. The molecular formula is C33H38N2O4S. The van der Waals surface area contributed by atoms with Crippen LogP contribution in [0.15, 0.2) is 53.4 Å². The van der Waals surface area contributed by atoms with E-state index in [-0.39, 0.29) is 39.9 Å². The molecule has 0 radical (unpaired) electrons. The largest absolute Gasteiger partial charge is 0.282 e. The van der Waals surface area contributed by atoms with Gasteiger partial charge in [0, 0.05) is 29.0 Å². The Bertz CT molecular complexity index is 1680. The summed E-state index contributed by atoms with van der Waals surface area (Å²) < 4.78 is 30.7. The summed E-state index contributed by atoms with van der Waals surface area (Å²) in [6.07, 6.45) is 3.60. The lowest BCUT2D eigenvalue weighted by molar-refractivity contribution is -0.176. The molecule has 0 N–H and O–H groups in total. The number of benzene rings is 2. The summed E-state index contributed by atoms with van der Waals surface area (Å²) in [5.74, 6) is -1.02. The molecule has 3 aromatic rings. The van der Waals surface area contributed by atoms with E-state index in [1.165, 1.54) is 4.90 Å². The lowest BCUT2D eigenvalue weighted by atomic mass is 9.31. The standard InChI is InChI=1S/C33H38N2O4S/c1-6-8-17-33-26-21-11-9-10-12-23(21)35(40(38,39)20-15-13-19(3)14-16-20)28(26)24(22-18-32(4,5)29(22)33)25-27(33)31(37)34(7-2)30(25)36/h9-16,22,24-25,27,29H,6-8,17-18H2,1-5H3/t22-,24+,25+,27-,29+,33-/m1/s1. The van der Waals surface area contributed by atoms with Crippen LogP contribution in [0.4, 0.5) is 0 Å². The molecule has 8 rings (SSSR count). The molecule has 4 aliphatic carbocycles. The summed E-state index contributed by atoms with van der Waals surface area (Å²) in [5.41, 5.74) is 2.88. The maximum atomic E-state index is 14.6. The van der Waals surface area contributed by atoms with Crippen LogP contribution in [0.2, 0.25) is 0 Å². The van der Waals surface area contributed by atoms with Gasteiger partial charge in [-0.25, -0.2) is 12.4 Å². The van der Waals surface area contributed by atoms with E-state index >= 15 is 0 Å². The first-order valence-corrected chi connectivity index (χ1v) is 16.3. The molecule has 1 aromatic heterocycles. The zero-order chi connectivity index (χ0) is 28.4. The second kappa shape index (κ2) is 8.31. The first-order chi connectivity index (χ1) is 19.0. The molecule has 210 valence electrons. The summed E-state index contributed by atoms with van der Waals surface area (Å²) in [6.45, 7) is 10.9. The second-order valence-electron chi connectivity index (χ2n) is 13.3. The van der Waals surface area contributed by atoms with Crippen molar-refractivity contribution in [2.75, 3.05) is 6.54 Å². The van der Waals surface area contributed by atoms with Crippen molar-refractivity contribution >= 4 is 32.7 Å². The van der Waals surface area contributed by atoms with Gasteiger partial charge in [0.1, 0.15) is 0 Å². The molecule has 0 spiro atoms. The normalized spacial score (nSPS) is 31.7. The highest BCUT2D eigenvalue weighted by Gasteiger charge is 2.77. The molecule has 2 amide bonds. The van der Waals surface area contributed by atoms with Crippen LogP contribution < -0.4 is 0 Å². The van der Waals surface area contributed by atoms with E-state index in [1.54, 1.807) is 16.1 Å². The number of fused-ring (bicyclic) bond motifs is 1. The van der Waals surface area contributed by atoms with Crippen LogP contribution in [0.1, 0.15) is 76.1 Å².